The van der Waals surface area contributed by atoms with Crippen molar-refractivity contribution in [3.8, 4) is 0 Å². The van der Waals surface area contributed by atoms with Gasteiger partial charge in [0, 0.05) is 13.1 Å². The monoisotopic (exact) mass is 266 g/mol. The number of carbonyl (C=O) groups excluding carboxylic acids is 1. The lowest BCUT2D eigenvalue weighted by molar-refractivity contribution is -0.133. The Labute approximate surface area is 119 Å². The highest BCUT2D eigenvalue weighted by atomic mass is 16.2. The number of nitrogens with zero attached hydrogens (tertiary/aromatic N) is 1. The van der Waals surface area contributed by atoms with Crippen LogP contribution in [0.2, 0.25) is 0 Å². The van der Waals surface area contributed by atoms with Gasteiger partial charge in [-0.25, -0.2) is 0 Å². The molecule has 3 heteroatoms. The summed E-state index contributed by atoms with van der Waals surface area (Å²) in [5, 5.41) is 0. The molecule has 3 nitrogen and oxygen atoms in total. The van der Waals surface area contributed by atoms with E-state index in [1.54, 1.807) is 0 Å². The molecule has 1 atom stereocenters. The topological polar surface area (TPSA) is 46.3 Å². The summed E-state index contributed by atoms with van der Waals surface area (Å²) in [5.41, 5.74) is 9.54. The number of hydrogen-bond donors (Lipinski definition) is 1. The number of fused-ring (bicyclic) bond motifs is 1. The lowest BCUT2D eigenvalue weighted by atomic mass is 9.98. The first-order valence-electron chi connectivity index (χ1n) is 6.92. The summed E-state index contributed by atoms with van der Waals surface area (Å²) >= 11 is 0. The maximum atomic E-state index is 12.5. The summed E-state index contributed by atoms with van der Waals surface area (Å²) in [6, 6.07) is 17.3. The van der Waals surface area contributed by atoms with Gasteiger partial charge in [0.25, 0.3) is 0 Å². The van der Waals surface area contributed by atoms with Gasteiger partial charge in [0.2, 0.25) is 5.91 Å². The number of amides is 1. The van der Waals surface area contributed by atoms with Gasteiger partial charge in [0.05, 0.1) is 0 Å². The molecular formula is C17H18N2O. The van der Waals surface area contributed by atoms with Gasteiger partial charge < -0.3 is 10.6 Å². The number of hydrogen-bond acceptors (Lipinski definition) is 2. The Hall–Kier alpha value is -2.13. The largest absolute Gasteiger partial charge is 0.336 e. The zero-order valence-corrected chi connectivity index (χ0v) is 11.3. The van der Waals surface area contributed by atoms with E-state index >= 15 is 0 Å². The van der Waals surface area contributed by atoms with E-state index in [0.717, 1.165) is 18.5 Å². The average molecular weight is 266 g/mol. The predicted molar refractivity (Wildman–Crippen MR) is 78.9 cm³/mol. The van der Waals surface area contributed by atoms with Crippen molar-refractivity contribution in [1.29, 1.82) is 0 Å². The first-order valence-corrected chi connectivity index (χ1v) is 6.92. The normalized spacial score (nSPS) is 15.6. The average Bonchev–Trinajstić information content (AvgIpc) is 2.54. The molecule has 102 valence electrons. The minimum absolute atomic E-state index is 0.00528. The minimum atomic E-state index is -0.568. The molecule has 1 unspecified atom stereocenters. The molecule has 0 aliphatic carbocycles. The Bertz CT molecular complexity index is 609. The fourth-order valence-corrected chi connectivity index (χ4v) is 2.68. The highest BCUT2D eigenvalue weighted by Gasteiger charge is 2.25. The Kier molecular flexibility index (Phi) is 3.52. The predicted octanol–water partition coefficient (Wildman–Crippen LogP) is 2.27. The molecule has 0 spiro atoms. The van der Waals surface area contributed by atoms with Gasteiger partial charge in [-0.15, -0.1) is 0 Å². The van der Waals surface area contributed by atoms with Crippen LogP contribution >= 0.6 is 0 Å². The van der Waals surface area contributed by atoms with Crippen LogP contribution in [0.3, 0.4) is 0 Å². The van der Waals surface area contributed by atoms with E-state index in [2.05, 4.69) is 12.1 Å². The van der Waals surface area contributed by atoms with E-state index in [1.165, 1.54) is 11.1 Å². The molecule has 0 saturated carbocycles. The summed E-state index contributed by atoms with van der Waals surface area (Å²) in [6.45, 7) is 1.41. The molecule has 1 aliphatic heterocycles. The Balaban J connectivity index is 1.76. The zero-order valence-electron chi connectivity index (χ0n) is 11.3. The second kappa shape index (κ2) is 5.47. The Morgan fingerprint density at radius 2 is 1.65 bits per heavy atom. The van der Waals surface area contributed by atoms with Crippen LogP contribution in [0.25, 0.3) is 0 Å². The van der Waals surface area contributed by atoms with Crippen molar-refractivity contribution in [1.82, 2.24) is 4.90 Å². The van der Waals surface area contributed by atoms with Crippen LogP contribution in [-0.4, -0.2) is 17.4 Å². The molecule has 1 aliphatic rings. The highest BCUT2D eigenvalue weighted by Crippen LogP contribution is 2.21. The lowest BCUT2D eigenvalue weighted by Gasteiger charge is -2.31. The van der Waals surface area contributed by atoms with E-state index in [-0.39, 0.29) is 5.91 Å². The second-order valence-electron chi connectivity index (χ2n) is 5.17. The third-order valence-corrected chi connectivity index (χ3v) is 3.87. The lowest BCUT2D eigenvalue weighted by Crippen LogP contribution is -2.41. The number of nitrogens with two attached hydrogens (primary N) is 1. The summed E-state index contributed by atoms with van der Waals surface area (Å²) in [5.74, 6) is 0.00528. The van der Waals surface area contributed by atoms with Gasteiger partial charge >= 0.3 is 0 Å². The molecule has 1 amide bonds. The van der Waals surface area contributed by atoms with E-state index < -0.39 is 6.04 Å². The SMILES string of the molecule is NC(C(=O)N1CCc2ccccc2C1)c1ccccc1. The van der Waals surface area contributed by atoms with E-state index in [0.29, 0.717) is 6.54 Å². The molecule has 2 aromatic rings. The molecule has 3 rings (SSSR count). The summed E-state index contributed by atoms with van der Waals surface area (Å²) in [6.07, 6.45) is 0.906. The molecule has 0 saturated heterocycles. The van der Waals surface area contributed by atoms with Gasteiger partial charge in [0.15, 0.2) is 0 Å². The van der Waals surface area contributed by atoms with Gasteiger partial charge in [-0.1, -0.05) is 54.6 Å². The van der Waals surface area contributed by atoms with Crippen molar-refractivity contribution >= 4 is 5.91 Å². The highest BCUT2D eigenvalue weighted by molar-refractivity contribution is 5.83. The van der Waals surface area contributed by atoms with E-state index in [1.807, 2.05) is 47.4 Å². The summed E-state index contributed by atoms with van der Waals surface area (Å²) < 4.78 is 0. The number of carbonyl (C=O) groups is 1. The molecule has 2 N–H and O–H groups in total. The Morgan fingerprint density at radius 1 is 1.00 bits per heavy atom. The van der Waals surface area contributed by atoms with Gasteiger partial charge in [-0.05, 0) is 23.1 Å². The molecule has 0 fully saturated rings. The van der Waals surface area contributed by atoms with Gasteiger partial charge in [-0.2, -0.15) is 0 Å². The number of benzene rings is 2. The van der Waals surface area contributed by atoms with E-state index in [9.17, 15) is 4.79 Å². The van der Waals surface area contributed by atoms with Crippen LogP contribution in [0.1, 0.15) is 22.7 Å². The first-order chi connectivity index (χ1) is 9.75. The van der Waals surface area contributed by atoms with Crippen molar-refractivity contribution in [2.45, 2.75) is 19.0 Å². The van der Waals surface area contributed by atoms with Crippen molar-refractivity contribution in [3.63, 3.8) is 0 Å². The molecule has 0 aromatic heterocycles. The summed E-state index contributed by atoms with van der Waals surface area (Å²) in [7, 11) is 0. The van der Waals surface area contributed by atoms with Gasteiger partial charge in [-0.3, -0.25) is 4.79 Å². The van der Waals surface area contributed by atoms with Crippen LogP contribution in [0.5, 0.6) is 0 Å². The zero-order chi connectivity index (χ0) is 13.9. The van der Waals surface area contributed by atoms with Gasteiger partial charge in [0.1, 0.15) is 6.04 Å². The standard InChI is InChI=1S/C17H18N2O/c18-16(14-7-2-1-3-8-14)17(20)19-11-10-13-6-4-5-9-15(13)12-19/h1-9,16H,10-12,18H2. The van der Waals surface area contributed by atoms with Crippen LogP contribution < -0.4 is 5.73 Å². The molecule has 1 heterocycles. The maximum absolute atomic E-state index is 12.5. The minimum Gasteiger partial charge on any atom is -0.336 e. The quantitative estimate of drug-likeness (QED) is 0.906. The van der Waals surface area contributed by atoms with Crippen LogP contribution in [0.15, 0.2) is 54.6 Å². The molecule has 0 radical (unpaired) electrons. The summed E-state index contributed by atoms with van der Waals surface area (Å²) in [4.78, 5) is 14.4. The van der Waals surface area contributed by atoms with E-state index in [4.69, 9.17) is 5.73 Å². The van der Waals surface area contributed by atoms with Crippen molar-refractivity contribution in [3.05, 3.63) is 71.3 Å². The van der Waals surface area contributed by atoms with Crippen LogP contribution in [-0.2, 0) is 17.8 Å². The fraction of sp³-hybridized carbons (Fsp3) is 0.235. The third-order valence-electron chi connectivity index (χ3n) is 3.87. The molecule has 20 heavy (non-hydrogen) atoms. The van der Waals surface area contributed by atoms with Crippen LogP contribution in [0, 0.1) is 0 Å². The molecular weight excluding hydrogens is 248 g/mol. The third kappa shape index (κ3) is 2.45. The van der Waals surface area contributed by atoms with Crippen molar-refractivity contribution in [2.24, 2.45) is 5.73 Å². The Morgan fingerprint density at radius 3 is 2.40 bits per heavy atom. The first kappa shape index (κ1) is 12.9. The second-order valence-corrected chi connectivity index (χ2v) is 5.17. The maximum Gasteiger partial charge on any atom is 0.244 e. The molecule has 0 bridgehead atoms. The number of rotatable bonds is 2. The van der Waals surface area contributed by atoms with Crippen LogP contribution in [0.4, 0.5) is 0 Å². The van der Waals surface area contributed by atoms with Crippen molar-refractivity contribution < 1.29 is 4.79 Å². The fourth-order valence-electron chi connectivity index (χ4n) is 2.68. The van der Waals surface area contributed by atoms with Crippen molar-refractivity contribution in [2.75, 3.05) is 6.54 Å². The smallest absolute Gasteiger partial charge is 0.244 e. The molecule has 2 aromatic carbocycles.